The molecule has 0 saturated heterocycles. The Labute approximate surface area is 136 Å². The molecule has 24 heavy (non-hydrogen) atoms. The lowest BCUT2D eigenvalue weighted by Crippen LogP contribution is -2.54. The number of carbonyl (C=O) groups excluding carboxylic acids is 1. The average Bonchev–Trinajstić information content (AvgIpc) is 2.44. The normalized spacial score (nSPS) is 17.2. The lowest BCUT2D eigenvalue weighted by Gasteiger charge is -2.28. The zero-order valence-electron chi connectivity index (χ0n) is 11.2. The molecule has 0 radical (unpaired) electrons. The molecule has 1 heterocycles. The Hall–Kier alpha value is -1.50. The van der Waals surface area contributed by atoms with E-state index in [0.717, 1.165) is 11.8 Å². The standard InChI is InChI=1S/C11H7F7N2O2S2/c12-9(13,10(14,15)16)11(17,18)24(22)4-1-5(19)8-6(2-4)20-7(21)3-23-8/h1-2H,3,19H2,(H,20,21). The molecule has 1 aromatic rings. The highest BCUT2D eigenvalue weighted by Crippen LogP contribution is 2.50. The molecular formula is C11H7F7N2O2S2. The van der Waals surface area contributed by atoms with Crippen LogP contribution in [-0.2, 0) is 15.6 Å². The summed E-state index contributed by atoms with van der Waals surface area (Å²) in [4.78, 5) is 10.4. The molecule has 3 N–H and O–H groups in total. The number of amides is 1. The van der Waals surface area contributed by atoms with Crippen LogP contribution in [-0.4, -0.2) is 33.2 Å². The number of anilines is 2. The average molecular weight is 396 g/mol. The van der Waals surface area contributed by atoms with Crippen molar-refractivity contribution in [1.29, 1.82) is 0 Å². The Kier molecular flexibility index (Phi) is 4.54. The number of rotatable bonds is 3. The SMILES string of the molecule is Nc1cc(S(=O)C(F)(F)C(F)(F)C(F)(F)F)cc2c1SCC(=O)N2. The summed E-state index contributed by atoms with van der Waals surface area (Å²) in [5.74, 6) is -7.14. The van der Waals surface area contributed by atoms with E-state index in [0.29, 0.717) is 12.1 Å². The van der Waals surface area contributed by atoms with Crippen LogP contribution in [0, 0.1) is 0 Å². The van der Waals surface area contributed by atoms with E-state index in [4.69, 9.17) is 5.73 Å². The van der Waals surface area contributed by atoms with Gasteiger partial charge in [0.1, 0.15) is 10.8 Å². The highest BCUT2D eigenvalue weighted by atomic mass is 32.2. The predicted octanol–water partition coefficient (Wildman–Crippen LogP) is 3.21. The number of nitrogens with one attached hydrogen (secondary N) is 1. The van der Waals surface area contributed by atoms with Crippen LogP contribution in [0.5, 0.6) is 0 Å². The van der Waals surface area contributed by atoms with E-state index in [1.54, 1.807) is 0 Å². The molecule has 1 atom stereocenters. The Morgan fingerprint density at radius 2 is 1.71 bits per heavy atom. The predicted molar refractivity (Wildman–Crippen MR) is 72.6 cm³/mol. The Morgan fingerprint density at radius 3 is 2.25 bits per heavy atom. The number of hydrogen-bond donors (Lipinski definition) is 2. The van der Waals surface area contributed by atoms with Crippen molar-refractivity contribution in [2.75, 3.05) is 16.8 Å². The lowest BCUT2D eigenvalue weighted by atomic mass is 10.2. The molecule has 1 amide bonds. The summed E-state index contributed by atoms with van der Waals surface area (Å²) >= 11 is 0.910. The van der Waals surface area contributed by atoms with Crippen LogP contribution in [0.4, 0.5) is 42.1 Å². The van der Waals surface area contributed by atoms with Gasteiger partial charge in [-0.1, -0.05) is 0 Å². The minimum atomic E-state index is -6.60. The van der Waals surface area contributed by atoms with Crippen molar-refractivity contribution in [1.82, 2.24) is 0 Å². The van der Waals surface area contributed by atoms with Crippen LogP contribution in [0.25, 0.3) is 0 Å². The van der Waals surface area contributed by atoms with Crippen molar-refractivity contribution in [3.8, 4) is 0 Å². The van der Waals surface area contributed by atoms with Gasteiger partial charge >= 0.3 is 17.4 Å². The number of nitrogens with two attached hydrogens (primary N) is 1. The minimum Gasteiger partial charge on any atom is -0.398 e. The van der Waals surface area contributed by atoms with Crippen LogP contribution in [0.2, 0.25) is 0 Å². The minimum absolute atomic E-state index is 0.0536. The summed E-state index contributed by atoms with van der Waals surface area (Å²) in [5.41, 5.74) is 5.03. The quantitative estimate of drug-likeness (QED) is 0.608. The van der Waals surface area contributed by atoms with Crippen molar-refractivity contribution in [2.24, 2.45) is 0 Å². The van der Waals surface area contributed by atoms with E-state index >= 15 is 0 Å². The van der Waals surface area contributed by atoms with Crippen molar-refractivity contribution in [2.45, 2.75) is 27.1 Å². The number of thioether (sulfide) groups is 1. The first-order valence-corrected chi connectivity index (χ1v) is 8.03. The maximum Gasteiger partial charge on any atom is 0.461 e. The molecule has 1 unspecified atom stereocenters. The van der Waals surface area contributed by atoms with E-state index < -0.39 is 39.0 Å². The third-order valence-corrected chi connectivity index (χ3v) is 5.42. The summed E-state index contributed by atoms with van der Waals surface area (Å²) in [7, 11) is -4.07. The van der Waals surface area contributed by atoms with Crippen LogP contribution in [0.3, 0.4) is 0 Å². The van der Waals surface area contributed by atoms with Crippen molar-refractivity contribution in [3.63, 3.8) is 0 Å². The number of fused-ring (bicyclic) bond motifs is 1. The van der Waals surface area contributed by atoms with Gasteiger partial charge in [0, 0.05) is 10.6 Å². The Bertz CT molecular complexity index is 721. The number of halogens is 7. The summed E-state index contributed by atoms with van der Waals surface area (Å²) in [6.45, 7) is 0. The monoisotopic (exact) mass is 396 g/mol. The third-order valence-electron chi connectivity index (χ3n) is 2.88. The zero-order chi connectivity index (χ0) is 18.5. The van der Waals surface area contributed by atoms with Gasteiger partial charge < -0.3 is 11.1 Å². The molecule has 0 fully saturated rings. The Morgan fingerprint density at radius 1 is 1.12 bits per heavy atom. The summed E-state index contributed by atoms with van der Waals surface area (Å²) in [6, 6.07) is 1.24. The zero-order valence-corrected chi connectivity index (χ0v) is 12.9. The maximum absolute atomic E-state index is 13.5. The van der Waals surface area contributed by atoms with E-state index in [1.165, 1.54) is 0 Å². The number of hydrogen-bond acceptors (Lipinski definition) is 4. The highest BCUT2D eigenvalue weighted by Gasteiger charge is 2.76. The number of benzene rings is 1. The molecule has 0 aromatic heterocycles. The van der Waals surface area contributed by atoms with E-state index in [-0.39, 0.29) is 22.0 Å². The summed E-state index contributed by atoms with van der Waals surface area (Å²) in [6.07, 6.45) is -6.60. The van der Waals surface area contributed by atoms with Gasteiger partial charge in [-0.25, -0.2) is 4.21 Å². The van der Waals surface area contributed by atoms with Gasteiger partial charge in [-0.3, -0.25) is 4.79 Å². The summed E-state index contributed by atoms with van der Waals surface area (Å²) in [5, 5.41) is -3.75. The summed E-state index contributed by atoms with van der Waals surface area (Å²) < 4.78 is 101. The van der Waals surface area contributed by atoms with Crippen LogP contribution >= 0.6 is 11.8 Å². The molecule has 1 aliphatic rings. The first-order chi connectivity index (χ1) is 10.8. The fraction of sp³-hybridized carbons (Fsp3) is 0.364. The molecule has 2 rings (SSSR count). The molecule has 0 saturated carbocycles. The fourth-order valence-corrected chi connectivity index (χ4v) is 3.68. The third kappa shape index (κ3) is 2.94. The molecule has 13 heteroatoms. The van der Waals surface area contributed by atoms with Gasteiger partial charge in [0.15, 0.2) is 0 Å². The molecule has 1 aliphatic heterocycles. The molecule has 0 aliphatic carbocycles. The van der Waals surface area contributed by atoms with Crippen molar-refractivity contribution in [3.05, 3.63) is 12.1 Å². The van der Waals surface area contributed by atoms with Crippen LogP contribution in [0.15, 0.2) is 21.9 Å². The van der Waals surface area contributed by atoms with E-state index in [1.807, 2.05) is 0 Å². The second-order valence-electron chi connectivity index (χ2n) is 4.58. The van der Waals surface area contributed by atoms with E-state index in [9.17, 15) is 39.7 Å². The van der Waals surface area contributed by atoms with E-state index in [2.05, 4.69) is 5.32 Å². The van der Waals surface area contributed by atoms with Crippen molar-refractivity contribution >= 4 is 39.8 Å². The lowest BCUT2D eigenvalue weighted by molar-refractivity contribution is -0.331. The van der Waals surface area contributed by atoms with Crippen LogP contribution in [0.1, 0.15) is 0 Å². The molecule has 134 valence electrons. The smallest absolute Gasteiger partial charge is 0.398 e. The molecule has 1 aromatic carbocycles. The van der Waals surface area contributed by atoms with Gasteiger partial charge in [0.05, 0.1) is 16.3 Å². The first-order valence-electron chi connectivity index (χ1n) is 5.89. The largest absolute Gasteiger partial charge is 0.461 e. The molecule has 0 bridgehead atoms. The van der Waals surface area contributed by atoms with Gasteiger partial charge in [0.25, 0.3) is 0 Å². The second kappa shape index (κ2) is 5.79. The molecular weight excluding hydrogens is 389 g/mol. The van der Waals surface area contributed by atoms with Crippen LogP contribution < -0.4 is 11.1 Å². The Balaban J connectivity index is 2.49. The van der Waals surface area contributed by atoms with Gasteiger partial charge in [-0.05, 0) is 12.1 Å². The van der Waals surface area contributed by atoms with Gasteiger partial charge in [-0.15, -0.1) is 11.8 Å². The topological polar surface area (TPSA) is 72.2 Å². The molecule has 0 spiro atoms. The first kappa shape index (κ1) is 18.8. The fourth-order valence-electron chi connectivity index (χ4n) is 1.74. The number of carbonyl (C=O) groups is 1. The maximum atomic E-state index is 13.5. The number of nitrogen functional groups attached to an aromatic ring is 1. The van der Waals surface area contributed by atoms with Crippen molar-refractivity contribution < 1.29 is 39.7 Å². The number of alkyl halides is 7. The molecule has 4 nitrogen and oxygen atoms in total. The second-order valence-corrected chi connectivity index (χ2v) is 7.09. The highest BCUT2D eigenvalue weighted by molar-refractivity contribution is 8.00. The van der Waals surface area contributed by atoms with Gasteiger partial charge in [-0.2, -0.15) is 30.7 Å². The van der Waals surface area contributed by atoms with Gasteiger partial charge in [0.2, 0.25) is 5.91 Å².